The summed E-state index contributed by atoms with van der Waals surface area (Å²) in [4.78, 5) is 58.0. The van der Waals surface area contributed by atoms with Gasteiger partial charge in [-0.05, 0) is 0 Å². The number of aliphatic carboxylic acids is 1. The second-order valence-corrected chi connectivity index (χ2v) is 9.21. The molecule has 2 atom stereocenters. The normalized spacial score (nSPS) is 22.1. The first-order valence-electron chi connectivity index (χ1n) is 10.2. The topological polar surface area (TPSA) is 157 Å². The molecule has 2 amide bonds. The molecule has 0 aromatic heterocycles. The lowest BCUT2D eigenvalue weighted by Crippen LogP contribution is -2.58. The van der Waals surface area contributed by atoms with Crippen LogP contribution in [0, 0.1) is 5.41 Å². The SMILES string of the molecule is COC1(C)OCC(C)(C)[C@H](C(=O)NCCC(=O)NCCSC(=O)CC(=O)CCC(=O)O)O1. The average Bonchev–Trinajstić information content (AvgIpc) is 2.71. The number of rotatable bonds is 13. The molecule has 0 radical (unpaired) electrons. The highest BCUT2D eigenvalue weighted by atomic mass is 32.2. The van der Waals surface area contributed by atoms with Gasteiger partial charge in [0.15, 0.2) is 5.12 Å². The standard InChI is InChI=1S/C20H32N2O9S/c1-19(2)12-30-20(3,29-4)31-17(19)18(28)22-8-7-14(24)21-9-10-32-16(27)11-13(23)5-6-15(25)26/h17H,5-12H2,1-4H3,(H,21,24)(H,22,28)(H,25,26)/t17-,20?/m0/s1. The van der Waals surface area contributed by atoms with Gasteiger partial charge in [0.2, 0.25) is 11.8 Å². The third-order valence-electron chi connectivity index (χ3n) is 4.65. The summed E-state index contributed by atoms with van der Waals surface area (Å²) >= 11 is 0.898. The lowest BCUT2D eigenvalue weighted by Gasteiger charge is -2.44. The Morgan fingerprint density at radius 1 is 1.06 bits per heavy atom. The Morgan fingerprint density at radius 2 is 1.75 bits per heavy atom. The minimum Gasteiger partial charge on any atom is -0.481 e. The number of carboxylic acid groups (broad SMARTS) is 1. The Hall–Kier alpha value is -2.02. The number of hydrogen-bond acceptors (Lipinski definition) is 9. The lowest BCUT2D eigenvalue weighted by molar-refractivity contribution is -0.413. The summed E-state index contributed by atoms with van der Waals surface area (Å²) < 4.78 is 16.3. The third kappa shape index (κ3) is 10.1. The molecule has 1 aliphatic rings. The number of methoxy groups -OCH3 is 1. The second kappa shape index (κ2) is 12.9. The fourth-order valence-corrected chi connectivity index (χ4v) is 3.39. The number of thioether (sulfide) groups is 1. The van der Waals surface area contributed by atoms with Gasteiger partial charge in [-0.2, -0.15) is 0 Å². The van der Waals surface area contributed by atoms with Crippen LogP contribution in [0.1, 0.15) is 46.5 Å². The van der Waals surface area contributed by atoms with E-state index in [-0.39, 0.29) is 68.1 Å². The maximum atomic E-state index is 12.5. The van der Waals surface area contributed by atoms with Crippen LogP contribution in [-0.4, -0.2) is 78.4 Å². The van der Waals surface area contributed by atoms with Crippen molar-refractivity contribution in [1.82, 2.24) is 10.6 Å². The van der Waals surface area contributed by atoms with Gasteiger partial charge in [0.05, 0.1) is 19.4 Å². The number of carbonyl (C=O) groups is 5. The van der Waals surface area contributed by atoms with E-state index in [1.165, 1.54) is 7.11 Å². The van der Waals surface area contributed by atoms with Crippen molar-refractivity contribution in [3.8, 4) is 0 Å². The van der Waals surface area contributed by atoms with Crippen LogP contribution in [0.2, 0.25) is 0 Å². The molecule has 0 spiro atoms. The minimum absolute atomic E-state index is 0.0449. The Labute approximate surface area is 191 Å². The second-order valence-electron chi connectivity index (χ2n) is 8.06. The van der Waals surface area contributed by atoms with E-state index in [0.717, 1.165) is 11.8 Å². The molecule has 1 fully saturated rings. The predicted octanol–water partition coefficient (Wildman–Crippen LogP) is 0.454. The van der Waals surface area contributed by atoms with E-state index in [1.807, 2.05) is 13.8 Å². The summed E-state index contributed by atoms with van der Waals surface area (Å²) in [5, 5.41) is 13.4. The van der Waals surface area contributed by atoms with E-state index in [2.05, 4.69) is 10.6 Å². The molecule has 0 aliphatic carbocycles. The van der Waals surface area contributed by atoms with Gasteiger partial charge in [-0.15, -0.1) is 0 Å². The third-order valence-corrected chi connectivity index (χ3v) is 5.53. The van der Waals surface area contributed by atoms with Gasteiger partial charge < -0.3 is 30.0 Å². The highest BCUT2D eigenvalue weighted by Gasteiger charge is 2.48. The molecule has 1 heterocycles. The number of carboxylic acids is 1. The van der Waals surface area contributed by atoms with Crippen molar-refractivity contribution in [2.75, 3.05) is 32.6 Å². The van der Waals surface area contributed by atoms with Gasteiger partial charge in [0, 0.05) is 51.1 Å². The number of carbonyl (C=O) groups excluding carboxylic acids is 4. The maximum absolute atomic E-state index is 12.5. The van der Waals surface area contributed by atoms with Gasteiger partial charge in [-0.3, -0.25) is 24.0 Å². The molecule has 0 saturated carbocycles. The molecular weight excluding hydrogens is 444 g/mol. The molecule has 11 nitrogen and oxygen atoms in total. The quantitative estimate of drug-likeness (QED) is 0.252. The highest BCUT2D eigenvalue weighted by Crippen LogP contribution is 2.35. The van der Waals surface area contributed by atoms with Crippen molar-refractivity contribution in [3.05, 3.63) is 0 Å². The Kier molecular flexibility index (Phi) is 11.3. The lowest BCUT2D eigenvalue weighted by atomic mass is 9.86. The molecule has 1 unspecified atom stereocenters. The molecule has 3 N–H and O–H groups in total. The zero-order chi connectivity index (χ0) is 24.4. The van der Waals surface area contributed by atoms with Gasteiger partial charge >= 0.3 is 5.97 Å². The van der Waals surface area contributed by atoms with Gasteiger partial charge in [0.1, 0.15) is 11.9 Å². The van der Waals surface area contributed by atoms with Crippen LogP contribution in [0.4, 0.5) is 0 Å². The van der Waals surface area contributed by atoms with Crippen LogP contribution < -0.4 is 10.6 Å². The highest BCUT2D eigenvalue weighted by molar-refractivity contribution is 8.13. The number of amides is 2. The van der Waals surface area contributed by atoms with Gasteiger partial charge in [0.25, 0.3) is 5.97 Å². The molecular formula is C20H32N2O9S. The van der Waals surface area contributed by atoms with Crippen molar-refractivity contribution < 1.29 is 43.3 Å². The van der Waals surface area contributed by atoms with Crippen LogP contribution in [0.25, 0.3) is 0 Å². The number of ketones is 1. The summed E-state index contributed by atoms with van der Waals surface area (Å²) in [7, 11) is 1.42. The summed E-state index contributed by atoms with van der Waals surface area (Å²) in [6.45, 7) is 5.82. The fraction of sp³-hybridized carbons (Fsp3) is 0.750. The molecule has 1 aliphatic heterocycles. The zero-order valence-electron chi connectivity index (χ0n) is 18.9. The molecule has 182 valence electrons. The smallest absolute Gasteiger partial charge is 0.303 e. The average molecular weight is 477 g/mol. The largest absolute Gasteiger partial charge is 0.481 e. The molecule has 0 bridgehead atoms. The Morgan fingerprint density at radius 3 is 2.38 bits per heavy atom. The molecule has 12 heteroatoms. The van der Waals surface area contributed by atoms with E-state index in [9.17, 15) is 24.0 Å². The van der Waals surface area contributed by atoms with Crippen molar-refractivity contribution in [3.63, 3.8) is 0 Å². The summed E-state index contributed by atoms with van der Waals surface area (Å²) in [6, 6.07) is 0. The van der Waals surface area contributed by atoms with Crippen molar-refractivity contribution in [1.29, 1.82) is 0 Å². The van der Waals surface area contributed by atoms with E-state index in [1.54, 1.807) is 6.92 Å². The first kappa shape index (κ1) is 28.0. The minimum atomic E-state index is -1.31. The number of Topliss-reactive ketones (excluding diaryl/α,β-unsaturated/α-hetero) is 1. The molecule has 0 aromatic carbocycles. The Bertz CT molecular complexity index is 713. The van der Waals surface area contributed by atoms with Crippen LogP contribution in [0.5, 0.6) is 0 Å². The van der Waals surface area contributed by atoms with Crippen LogP contribution >= 0.6 is 11.8 Å². The molecule has 0 aromatic rings. The van der Waals surface area contributed by atoms with Crippen molar-refractivity contribution in [2.24, 2.45) is 5.41 Å². The first-order chi connectivity index (χ1) is 14.9. The number of nitrogens with one attached hydrogen (secondary N) is 2. The van der Waals surface area contributed by atoms with Gasteiger partial charge in [-0.25, -0.2) is 0 Å². The number of hydrogen-bond donors (Lipinski definition) is 3. The fourth-order valence-electron chi connectivity index (χ4n) is 2.70. The summed E-state index contributed by atoms with van der Waals surface area (Å²) in [6.07, 6.45) is -1.57. The van der Waals surface area contributed by atoms with E-state index in [0.29, 0.717) is 0 Å². The maximum Gasteiger partial charge on any atom is 0.303 e. The molecule has 32 heavy (non-hydrogen) atoms. The zero-order valence-corrected chi connectivity index (χ0v) is 19.7. The molecule has 1 rings (SSSR count). The van der Waals surface area contributed by atoms with Crippen molar-refractivity contribution in [2.45, 2.75) is 58.5 Å². The van der Waals surface area contributed by atoms with E-state index >= 15 is 0 Å². The molecule has 1 saturated heterocycles. The van der Waals surface area contributed by atoms with E-state index < -0.39 is 29.2 Å². The summed E-state index contributed by atoms with van der Waals surface area (Å²) in [5.41, 5.74) is -0.580. The monoisotopic (exact) mass is 476 g/mol. The van der Waals surface area contributed by atoms with Crippen molar-refractivity contribution >= 4 is 40.4 Å². The van der Waals surface area contributed by atoms with Crippen LogP contribution in [0.15, 0.2) is 0 Å². The van der Waals surface area contributed by atoms with Gasteiger partial charge in [-0.1, -0.05) is 25.6 Å². The Balaban J connectivity index is 2.24. The predicted molar refractivity (Wildman–Crippen MR) is 115 cm³/mol. The summed E-state index contributed by atoms with van der Waals surface area (Å²) in [5.74, 6) is -3.22. The van der Waals surface area contributed by atoms with E-state index in [4.69, 9.17) is 19.3 Å². The number of ether oxygens (including phenoxy) is 3. The van der Waals surface area contributed by atoms with Crippen LogP contribution in [0.3, 0.4) is 0 Å². The first-order valence-corrected chi connectivity index (χ1v) is 11.2. The van der Waals surface area contributed by atoms with Crippen LogP contribution in [-0.2, 0) is 38.2 Å².